The molecular formula is C25H21ClN2O3. The molecule has 3 aromatic carbocycles. The summed E-state index contributed by atoms with van der Waals surface area (Å²) < 4.78 is 5.04. The van der Waals surface area contributed by atoms with Gasteiger partial charge in [-0.05, 0) is 55.0 Å². The number of anilines is 1. The molecule has 5 nitrogen and oxygen atoms in total. The maximum Gasteiger partial charge on any atom is 0.338 e. The number of halogens is 1. The van der Waals surface area contributed by atoms with Gasteiger partial charge in [0, 0.05) is 27.9 Å². The van der Waals surface area contributed by atoms with E-state index in [1.807, 2.05) is 60.7 Å². The number of benzene rings is 3. The quantitative estimate of drug-likeness (QED) is 0.367. The molecule has 0 amide bonds. The Balaban J connectivity index is 1.73. The van der Waals surface area contributed by atoms with Crippen molar-refractivity contribution in [1.82, 2.24) is 4.98 Å². The van der Waals surface area contributed by atoms with E-state index in [9.17, 15) is 9.90 Å². The number of phenols is 1. The third-order valence-corrected chi connectivity index (χ3v) is 5.25. The number of phenolic OH excluding ortho intramolecular Hbond substituents is 1. The molecule has 4 rings (SSSR count). The first kappa shape index (κ1) is 20.7. The zero-order chi connectivity index (χ0) is 21.8. The van der Waals surface area contributed by atoms with Crippen LogP contribution < -0.4 is 5.32 Å². The van der Waals surface area contributed by atoms with Crippen molar-refractivity contribution in [2.75, 3.05) is 11.9 Å². The minimum absolute atomic E-state index is 0.119. The monoisotopic (exact) mass is 432 g/mol. The van der Waals surface area contributed by atoms with Gasteiger partial charge in [0.25, 0.3) is 0 Å². The number of aromatic nitrogens is 1. The van der Waals surface area contributed by atoms with Crippen LogP contribution in [0.15, 0.2) is 79.0 Å². The summed E-state index contributed by atoms with van der Waals surface area (Å²) >= 11 is 6.08. The number of carbonyl (C=O) groups excluding carboxylic acids is 1. The third-order valence-electron chi connectivity index (χ3n) is 5.00. The first-order valence-electron chi connectivity index (χ1n) is 9.92. The minimum atomic E-state index is -0.364. The van der Waals surface area contributed by atoms with Crippen molar-refractivity contribution < 1.29 is 14.6 Å². The average molecular weight is 433 g/mol. The Bertz CT molecular complexity index is 1210. The van der Waals surface area contributed by atoms with Crippen LogP contribution in [-0.2, 0) is 4.74 Å². The van der Waals surface area contributed by atoms with Crippen LogP contribution in [0.4, 0.5) is 5.69 Å². The van der Waals surface area contributed by atoms with E-state index in [0.717, 1.165) is 16.6 Å². The standard InChI is InChI=1S/C25H21ClN2O3/c1-2-31-25(30)18-7-12-20(13-8-18)28-22(17-5-10-19(26)11-6-17)21-14-9-16-4-3-15-27-23(16)24(21)29/h3-15,22,28-29H,2H2,1H3. The fourth-order valence-electron chi connectivity index (χ4n) is 3.46. The Hall–Kier alpha value is -3.57. The summed E-state index contributed by atoms with van der Waals surface area (Å²) in [7, 11) is 0. The molecule has 0 aliphatic carbocycles. The number of ether oxygens (including phenoxy) is 1. The highest BCUT2D eigenvalue weighted by Gasteiger charge is 2.20. The number of aromatic hydroxyl groups is 1. The van der Waals surface area contributed by atoms with E-state index in [-0.39, 0.29) is 17.8 Å². The third kappa shape index (κ3) is 4.47. The highest BCUT2D eigenvalue weighted by Crippen LogP contribution is 2.36. The first-order chi connectivity index (χ1) is 15.1. The van der Waals surface area contributed by atoms with Crippen molar-refractivity contribution in [2.24, 2.45) is 0 Å². The number of nitrogens with one attached hydrogen (secondary N) is 1. The van der Waals surface area contributed by atoms with E-state index in [2.05, 4.69) is 10.3 Å². The number of carbonyl (C=O) groups is 1. The lowest BCUT2D eigenvalue weighted by atomic mass is 9.96. The summed E-state index contributed by atoms with van der Waals surface area (Å²) in [5, 5.41) is 15.9. The largest absolute Gasteiger partial charge is 0.505 e. The number of esters is 1. The van der Waals surface area contributed by atoms with Gasteiger partial charge in [-0.3, -0.25) is 4.98 Å². The van der Waals surface area contributed by atoms with Gasteiger partial charge in [-0.25, -0.2) is 4.79 Å². The zero-order valence-electron chi connectivity index (χ0n) is 16.9. The van der Waals surface area contributed by atoms with Gasteiger partial charge in [-0.1, -0.05) is 41.9 Å². The second kappa shape index (κ2) is 9.06. The molecule has 0 saturated heterocycles. The zero-order valence-corrected chi connectivity index (χ0v) is 17.6. The first-order valence-corrected chi connectivity index (χ1v) is 10.3. The summed E-state index contributed by atoms with van der Waals surface area (Å²) in [6.45, 7) is 2.10. The molecule has 0 aliphatic heterocycles. The molecule has 0 saturated carbocycles. The number of fused-ring (bicyclic) bond motifs is 1. The molecule has 0 radical (unpaired) electrons. The van der Waals surface area contributed by atoms with Gasteiger partial charge in [0.2, 0.25) is 0 Å². The second-order valence-electron chi connectivity index (χ2n) is 7.01. The molecule has 1 atom stereocenters. The minimum Gasteiger partial charge on any atom is -0.505 e. The highest BCUT2D eigenvalue weighted by atomic mass is 35.5. The molecule has 1 heterocycles. The van der Waals surface area contributed by atoms with Gasteiger partial charge in [0.15, 0.2) is 0 Å². The smallest absolute Gasteiger partial charge is 0.338 e. The van der Waals surface area contributed by atoms with E-state index in [0.29, 0.717) is 28.3 Å². The van der Waals surface area contributed by atoms with Crippen LogP contribution in [0.1, 0.15) is 34.5 Å². The lowest BCUT2D eigenvalue weighted by Gasteiger charge is -2.23. The molecular weight excluding hydrogens is 412 g/mol. The highest BCUT2D eigenvalue weighted by molar-refractivity contribution is 6.30. The molecule has 0 fully saturated rings. The number of hydrogen-bond acceptors (Lipinski definition) is 5. The van der Waals surface area contributed by atoms with Gasteiger partial charge in [0.1, 0.15) is 11.3 Å². The second-order valence-corrected chi connectivity index (χ2v) is 7.44. The average Bonchev–Trinajstić information content (AvgIpc) is 2.79. The predicted molar refractivity (Wildman–Crippen MR) is 123 cm³/mol. The topological polar surface area (TPSA) is 71.5 Å². The molecule has 0 bridgehead atoms. The van der Waals surface area contributed by atoms with Crippen molar-refractivity contribution in [3.8, 4) is 5.75 Å². The summed E-state index contributed by atoms with van der Waals surface area (Å²) in [6, 6.07) is 21.7. The normalized spacial score (nSPS) is 11.8. The van der Waals surface area contributed by atoms with E-state index >= 15 is 0 Å². The number of hydrogen-bond donors (Lipinski definition) is 2. The van der Waals surface area contributed by atoms with Crippen LogP contribution in [0.25, 0.3) is 10.9 Å². The molecule has 31 heavy (non-hydrogen) atoms. The number of pyridine rings is 1. The van der Waals surface area contributed by atoms with E-state index in [1.54, 1.807) is 25.3 Å². The maximum absolute atomic E-state index is 11.9. The summed E-state index contributed by atoms with van der Waals surface area (Å²) in [5.74, 6) is -0.241. The molecule has 1 unspecified atom stereocenters. The maximum atomic E-state index is 11.9. The van der Waals surface area contributed by atoms with E-state index in [4.69, 9.17) is 16.3 Å². The fourth-order valence-corrected chi connectivity index (χ4v) is 3.58. The molecule has 4 aromatic rings. The Morgan fingerprint density at radius 2 is 1.81 bits per heavy atom. The molecule has 0 spiro atoms. The lowest BCUT2D eigenvalue weighted by Crippen LogP contribution is -2.13. The van der Waals surface area contributed by atoms with Crippen LogP contribution in [0.3, 0.4) is 0 Å². The van der Waals surface area contributed by atoms with Crippen molar-refractivity contribution in [3.05, 3.63) is 101 Å². The van der Waals surface area contributed by atoms with Crippen LogP contribution in [0.2, 0.25) is 5.02 Å². The van der Waals surface area contributed by atoms with Crippen molar-refractivity contribution >= 4 is 34.2 Å². The van der Waals surface area contributed by atoms with E-state index < -0.39 is 0 Å². The van der Waals surface area contributed by atoms with Crippen molar-refractivity contribution in [1.29, 1.82) is 0 Å². The van der Waals surface area contributed by atoms with Crippen molar-refractivity contribution in [2.45, 2.75) is 13.0 Å². The fraction of sp³-hybridized carbons (Fsp3) is 0.120. The van der Waals surface area contributed by atoms with Crippen LogP contribution >= 0.6 is 11.6 Å². The van der Waals surface area contributed by atoms with Crippen LogP contribution in [-0.4, -0.2) is 22.7 Å². The van der Waals surface area contributed by atoms with Gasteiger partial charge >= 0.3 is 5.97 Å². The van der Waals surface area contributed by atoms with Crippen molar-refractivity contribution in [3.63, 3.8) is 0 Å². The van der Waals surface area contributed by atoms with Crippen LogP contribution in [0.5, 0.6) is 5.75 Å². The molecule has 6 heteroatoms. The Morgan fingerprint density at radius 1 is 1.06 bits per heavy atom. The van der Waals surface area contributed by atoms with E-state index in [1.165, 1.54) is 0 Å². The molecule has 0 aliphatic rings. The Labute approximate surface area is 185 Å². The van der Waals surface area contributed by atoms with Gasteiger partial charge in [-0.2, -0.15) is 0 Å². The summed E-state index contributed by atoms with van der Waals surface area (Å²) in [4.78, 5) is 16.3. The molecule has 156 valence electrons. The molecule has 2 N–H and O–H groups in total. The predicted octanol–water partition coefficient (Wildman–Crippen LogP) is 5.97. The lowest BCUT2D eigenvalue weighted by molar-refractivity contribution is 0.0526. The Morgan fingerprint density at radius 3 is 2.52 bits per heavy atom. The number of nitrogens with zero attached hydrogens (tertiary/aromatic N) is 1. The summed E-state index contributed by atoms with van der Waals surface area (Å²) in [6.07, 6.45) is 1.66. The van der Waals surface area contributed by atoms with Gasteiger partial charge in [0.05, 0.1) is 18.2 Å². The van der Waals surface area contributed by atoms with Gasteiger partial charge < -0.3 is 15.2 Å². The SMILES string of the molecule is CCOC(=O)c1ccc(NC(c2ccc(Cl)cc2)c2ccc3cccnc3c2O)cc1. The number of rotatable bonds is 6. The Kier molecular flexibility index (Phi) is 6.05. The molecule has 1 aromatic heterocycles. The summed E-state index contributed by atoms with van der Waals surface area (Å²) in [5.41, 5.74) is 3.41. The van der Waals surface area contributed by atoms with Gasteiger partial charge in [-0.15, -0.1) is 0 Å². The van der Waals surface area contributed by atoms with Crippen LogP contribution in [0, 0.1) is 0 Å².